The number of aromatic nitrogens is 2. The zero-order valence-electron chi connectivity index (χ0n) is 25.6. The number of Topliss-reactive ketones (excluding diaryl/α,β-unsaturated/α-hetero) is 1. The number of anilines is 1. The summed E-state index contributed by atoms with van der Waals surface area (Å²) in [7, 11) is 1.51. The van der Waals surface area contributed by atoms with Gasteiger partial charge in [-0.3, -0.25) is 14.5 Å². The molecule has 0 radical (unpaired) electrons. The molecule has 3 heterocycles. The predicted octanol–water partition coefficient (Wildman–Crippen LogP) is 7.47. The van der Waals surface area contributed by atoms with Crippen LogP contribution in [0.2, 0.25) is 0 Å². The van der Waals surface area contributed by atoms with E-state index in [1.807, 2.05) is 32.9 Å². The fourth-order valence-electron chi connectivity index (χ4n) is 5.22. The minimum Gasteiger partial charge on any atom is -0.503 e. The Kier molecular flexibility index (Phi) is 9.00. The molecule has 1 aliphatic rings. The summed E-state index contributed by atoms with van der Waals surface area (Å²) in [6, 6.07) is 19.2. The van der Waals surface area contributed by atoms with E-state index in [1.54, 1.807) is 42.5 Å². The maximum Gasteiger partial charge on any atom is 0.296 e. The Bertz CT molecular complexity index is 1950. The molecule has 1 N–H and O–H groups in total. The Hall–Kier alpha value is -4.81. The lowest BCUT2D eigenvalue weighted by Crippen LogP contribution is -2.31. The van der Waals surface area contributed by atoms with Gasteiger partial charge in [-0.2, -0.15) is 0 Å². The maximum atomic E-state index is 14.2. The summed E-state index contributed by atoms with van der Waals surface area (Å²) in [5.41, 5.74) is 3.02. The molecular formula is C34H31N3O7S2. The third kappa shape index (κ3) is 5.93. The molecule has 3 aromatic carbocycles. The number of hydrogen-bond donors (Lipinski definition) is 1. The zero-order chi connectivity index (χ0) is 32.4. The Morgan fingerprint density at radius 3 is 2.50 bits per heavy atom. The van der Waals surface area contributed by atoms with Crippen LogP contribution in [-0.2, 0) is 10.5 Å². The van der Waals surface area contributed by atoms with Crippen LogP contribution in [-0.4, -0.2) is 47.3 Å². The third-order valence-corrected chi connectivity index (χ3v) is 9.50. The highest BCUT2D eigenvalue weighted by Crippen LogP contribution is 2.46. The van der Waals surface area contributed by atoms with Crippen LogP contribution in [0.5, 0.6) is 17.2 Å². The lowest BCUT2D eigenvalue weighted by Gasteiger charge is -2.24. The number of thioether (sulfide) groups is 1. The molecule has 5 aromatic rings. The molecule has 0 spiro atoms. The first-order valence-electron chi connectivity index (χ1n) is 14.6. The molecule has 1 atom stereocenters. The minimum atomic E-state index is -1.06. The van der Waals surface area contributed by atoms with E-state index < -0.39 is 23.5 Å². The number of methoxy groups -OCH3 is 1. The van der Waals surface area contributed by atoms with E-state index in [1.165, 1.54) is 40.7 Å². The van der Waals surface area contributed by atoms with Crippen molar-refractivity contribution in [2.24, 2.45) is 0 Å². The second-order valence-electron chi connectivity index (χ2n) is 10.4. The highest BCUT2D eigenvalue weighted by Gasteiger charge is 2.47. The number of para-hydroxylation sites is 1. The van der Waals surface area contributed by atoms with Crippen LogP contribution >= 0.6 is 23.1 Å². The van der Waals surface area contributed by atoms with Crippen LogP contribution in [0.15, 0.2) is 86.8 Å². The van der Waals surface area contributed by atoms with Crippen molar-refractivity contribution in [1.82, 2.24) is 10.2 Å². The fraction of sp³-hybridized carbons (Fsp3) is 0.235. The molecule has 1 amide bonds. The number of benzene rings is 3. The summed E-state index contributed by atoms with van der Waals surface area (Å²) in [5.74, 6) is -0.116. The maximum absolute atomic E-state index is 14.2. The zero-order valence-corrected chi connectivity index (χ0v) is 27.2. The lowest BCUT2D eigenvalue weighted by molar-refractivity contribution is -0.117. The molecule has 0 saturated carbocycles. The number of aliphatic hydroxyl groups excluding tert-OH is 1. The first kappa shape index (κ1) is 31.2. The molecule has 0 fully saturated rings. The highest BCUT2D eigenvalue weighted by molar-refractivity contribution is 8.00. The standard InChI is InChI=1S/C34H31N3O7S2/c1-5-42-23-15-14-21(16-25(23)43-6-2)28-27(29(38)26-17-22-8-7-9-24(41-4)31(22)44-26)30(39)32(40)37(28)33-35-36-34(46-33)45-18-20-12-10-19(3)11-13-20/h7-17,28,39H,5-6,18H2,1-4H3. The number of hydrogen-bond acceptors (Lipinski definition) is 11. The number of fused-ring (bicyclic) bond motifs is 1. The summed E-state index contributed by atoms with van der Waals surface area (Å²) < 4.78 is 23.6. The van der Waals surface area contributed by atoms with Crippen molar-refractivity contribution >= 4 is 50.9 Å². The molecule has 2 aromatic heterocycles. The van der Waals surface area contributed by atoms with E-state index >= 15 is 0 Å². The summed E-state index contributed by atoms with van der Waals surface area (Å²) in [5, 5.41) is 20.8. The van der Waals surface area contributed by atoms with E-state index in [4.69, 9.17) is 18.6 Å². The number of aliphatic hydroxyl groups is 1. The van der Waals surface area contributed by atoms with Gasteiger partial charge in [0, 0.05) is 11.1 Å². The molecule has 0 saturated heterocycles. The number of amides is 1. The minimum absolute atomic E-state index is 0.0525. The van der Waals surface area contributed by atoms with Gasteiger partial charge in [-0.05, 0) is 56.2 Å². The number of ether oxygens (including phenoxy) is 3. The van der Waals surface area contributed by atoms with Gasteiger partial charge in [-0.1, -0.05) is 71.1 Å². The van der Waals surface area contributed by atoms with Crippen LogP contribution in [0, 0.1) is 6.92 Å². The number of ketones is 1. The van der Waals surface area contributed by atoms with Crippen molar-refractivity contribution in [2.75, 3.05) is 25.2 Å². The largest absolute Gasteiger partial charge is 0.503 e. The molecule has 6 rings (SSSR count). The average Bonchev–Trinajstić information content (AvgIpc) is 3.78. The first-order chi connectivity index (χ1) is 22.3. The molecule has 10 nitrogen and oxygen atoms in total. The smallest absolute Gasteiger partial charge is 0.296 e. The summed E-state index contributed by atoms with van der Waals surface area (Å²) in [6.07, 6.45) is 0. The highest BCUT2D eigenvalue weighted by atomic mass is 32.2. The van der Waals surface area contributed by atoms with Gasteiger partial charge in [0.15, 0.2) is 38.7 Å². The molecule has 1 aliphatic heterocycles. The van der Waals surface area contributed by atoms with E-state index in [0.29, 0.717) is 57.1 Å². The number of aryl methyl sites for hydroxylation is 1. The second-order valence-corrected chi connectivity index (χ2v) is 12.5. The van der Waals surface area contributed by atoms with Gasteiger partial charge in [0.05, 0.1) is 31.9 Å². The SMILES string of the molecule is CCOc1ccc(C2C(C(=O)c3cc4cccc(OC)c4o3)=C(O)C(=O)N2c2nnc(SCc3ccc(C)cc3)s2)cc1OCC. The summed E-state index contributed by atoms with van der Waals surface area (Å²) in [6.45, 7) is 6.53. The van der Waals surface area contributed by atoms with Crippen LogP contribution in [0.1, 0.15) is 47.1 Å². The van der Waals surface area contributed by atoms with Crippen molar-refractivity contribution in [3.05, 3.63) is 101 Å². The van der Waals surface area contributed by atoms with Crippen molar-refractivity contribution in [2.45, 2.75) is 36.9 Å². The molecule has 236 valence electrons. The molecule has 0 bridgehead atoms. The number of carbonyl (C=O) groups excluding carboxylic acids is 2. The summed E-state index contributed by atoms with van der Waals surface area (Å²) >= 11 is 2.69. The van der Waals surface area contributed by atoms with Crippen LogP contribution in [0.3, 0.4) is 0 Å². The van der Waals surface area contributed by atoms with Gasteiger partial charge in [0.1, 0.15) is 0 Å². The van der Waals surface area contributed by atoms with Gasteiger partial charge in [0.25, 0.3) is 5.91 Å². The topological polar surface area (TPSA) is 124 Å². The van der Waals surface area contributed by atoms with Gasteiger partial charge in [-0.25, -0.2) is 0 Å². The van der Waals surface area contributed by atoms with Crippen LogP contribution in [0.4, 0.5) is 5.13 Å². The van der Waals surface area contributed by atoms with Crippen molar-refractivity contribution in [3.8, 4) is 17.2 Å². The number of carbonyl (C=O) groups is 2. The van der Waals surface area contributed by atoms with Crippen molar-refractivity contribution < 1.29 is 33.3 Å². The van der Waals surface area contributed by atoms with E-state index in [2.05, 4.69) is 22.3 Å². The third-order valence-electron chi connectivity index (χ3n) is 7.37. The first-order valence-corrected chi connectivity index (χ1v) is 16.4. The van der Waals surface area contributed by atoms with Crippen molar-refractivity contribution in [3.63, 3.8) is 0 Å². The van der Waals surface area contributed by atoms with E-state index in [-0.39, 0.29) is 16.5 Å². The molecule has 0 aliphatic carbocycles. The Morgan fingerprint density at radius 1 is 1.00 bits per heavy atom. The van der Waals surface area contributed by atoms with Gasteiger partial charge in [-0.15, -0.1) is 10.2 Å². The molecule has 1 unspecified atom stereocenters. The second kappa shape index (κ2) is 13.3. The monoisotopic (exact) mass is 657 g/mol. The van der Waals surface area contributed by atoms with Gasteiger partial charge >= 0.3 is 0 Å². The summed E-state index contributed by atoms with van der Waals surface area (Å²) in [4.78, 5) is 29.3. The molecule has 12 heteroatoms. The van der Waals surface area contributed by atoms with Crippen LogP contribution < -0.4 is 19.1 Å². The number of nitrogens with zero attached hydrogens (tertiary/aromatic N) is 3. The fourth-order valence-corrected chi connectivity index (χ4v) is 7.04. The van der Waals surface area contributed by atoms with E-state index in [0.717, 1.165) is 5.56 Å². The molecular weight excluding hydrogens is 627 g/mol. The average molecular weight is 658 g/mol. The van der Waals surface area contributed by atoms with Gasteiger partial charge in [0.2, 0.25) is 10.9 Å². The Labute approximate surface area is 273 Å². The number of furan rings is 1. The quantitative estimate of drug-likeness (QED) is 0.0821. The normalized spacial score (nSPS) is 14.7. The number of rotatable bonds is 12. The van der Waals surface area contributed by atoms with Gasteiger partial charge < -0.3 is 23.7 Å². The Balaban J connectivity index is 1.41. The predicted molar refractivity (Wildman–Crippen MR) is 176 cm³/mol. The Morgan fingerprint density at radius 2 is 1.76 bits per heavy atom. The molecule has 46 heavy (non-hydrogen) atoms. The van der Waals surface area contributed by atoms with Crippen LogP contribution in [0.25, 0.3) is 11.0 Å². The van der Waals surface area contributed by atoms with Crippen molar-refractivity contribution in [1.29, 1.82) is 0 Å². The van der Waals surface area contributed by atoms with E-state index in [9.17, 15) is 14.7 Å². The lowest BCUT2D eigenvalue weighted by atomic mass is 9.95.